The standard InChI is InChI=1S/C14H17N3O3/c1-20-14(19)12-11-3-2-10(18)8-17(11)13(16-12)9-4-6-15-7-5-9/h2-3,8-9,15,18H,4-7H2,1H3. The largest absolute Gasteiger partial charge is 0.506 e. The Labute approximate surface area is 116 Å². The first-order valence-electron chi connectivity index (χ1n) is 6.70. The average Bonchev–Trinajstić information content (AvgIpc) is 2.86. The zero-order valence-corrected chi connectivity index (χ0v) is 11.3. The molecule has 0 spiro atoms. The van der Waals surface area contributed by atoms with E-state index >= 15 is 0 Å². The van der Waals surface area contributed by atoms with Crippen LogP contribution in [-0.2, 0) is 4.74 Å². The van der Waals surface area contributed by atoms with Gasteiger partial charge in [-0.25, -0.2) is 9.78 Å². The Bertz CT molecular complexity index is 644. The molecule has 6 heteroatoms. The fourth-order valence-corrected chi connectivity index (χ4v) is 2.71. The van der Waals surface area contributed by atoms with Crippen molar-refractivity contribution in [3.63, 3.8) is 0 Å². The Morgan fingerprint density at radius 1 is 1.45 bits per heavy atom. The number of pyridine rings is 1. The number of hydrogen-bond donors (Lipinski definition) is 2. The molecule has 106 valence electrons. The molecule has 2 aromatic rings. The third-order valence-electron chi connectivity index (χ3n) is 3.73. The third-order valence-corrected chi connectivity index (χ3v) is 3.73. The molecule has 1 saturated heterocycles. The monoisotopic (exact) mass is 275 g/mol. The van der Waals surface area contributed by atoms with Crippen LogP contribution in [0.4, 0.5) is 0 Å². The van der Waals surface area contributed by atoms with Crippen molar-refractivity contribution in [2.45, 2.75) is 18.8 Å². The van der Waals surface area contributed by atoms with Crippen LogP contribution in [0.15, 0.2) is 18.3 Å². The van der Waals surface area contributed by atoms with E-state index in [2.05, 4.69) is 10.3 Å². The Morgan fingerprint density at radius 3 is 2.90 bits per heavy atom. The lowest BCUT2D eigenvalue weighted by atomic mass is 9.97. The van der Waals surface area contributed by atoms with Gasteiger partial charge in [-0.2, -0.15) is 0 Å². The first-order chi connectivity index (χ1) is 9.70. The number of ether oxygens (including phenoxy) is 1. The number of imidazole rings is 1. The highest BCUT2D eigenvalue weighted by Gasteiger charge is 2.24. The number of piperidine rings is 1. The van der Waals surface area contributed by atoms with Crippen molar-refractivity contribution in [3.05, 3.63) is 29.8 Å². The molecule has 1 aliphatic rings. The van der Waals surface area contributed by atoms with Crippen LogP contribution in [0, 0.1) is 0 Å². The van der Waals surface area contributed by atoms with Gasteiger partial charge in [-0.1, -0.05) is 0 Å². The molecule has 0 aromatic carbocycles. The molecule has 2 aromatic heterocycles. The molecule has 0 unspecified atom stereocenters. The van der Waals surface area contributed by atoms with E-state index in [4.69, 9.17) is 4.74 Å². The summed E-state index contributed by atoms with van der Waals surface area (Å²) >= 11 is 0. The van der Waals surface area contributed by atoms with Crippen LogP contribution in [0.5, 0.6) is 5.75 Å². The maximum atomic E-state index is 11.8. The molecular formula is C14H17N3O3. The number of carbonyl (C=O) groups is 1. The molecule has 0 atom stereocenters. The quantitative estimate of drug-likeness (QED) is 0.808. The maximum absolute atomic E-state index is 11.8. The predicted molar refractivity (Wildman–Crippen MR) is 73.0 cm³/mol. The molecule has 0 aliphatic carbocycles. The van der Waals surface area contributed by atoms with Crippen LogP contribution in [0.25, 0.3) is 5.52 Å². The Balaban J connectivity index is 2.15. The fraction of sp³-hybridized carbons (Fsp3) is 0.429. The number of nitrogens with one attached hydrogen (secondary N) is 1. The van der Waals surface area contributed by atoms with E-state index in [0.29, 0.717) is 11.2 Å². The summed E-state index contributed by atoms with van der Waals surface area (Å²) in [5.41, 5.74) is 0.976. The molecule has 0 saturated carbocycles. The van der Waals surface area contributed by atoms with E-state index in [0.717, 1.165) is 31.8 Å². The molecule has 3 rings (SSSR count). The van der Waals surface area contributed by atoms with Crippen molar-refractivity contribution in [2.24, 2.45) is 0 Å². The number of aromatic hydroxyl groups is 1. The smallest absolute Gasteiger partial charge is 0.358 e. The minimum atomic E-state index is -0.451. The maximum Gasteiger partial charge on any atom is 0.358 e. The van der Waals surface area contributed by atoms with Gasteiger partial charge >= 0.3 is 5.97 Å². The van der Waals surface area contributed by atoms with Gasteiger partial charge in [-0.05, 0) is 38.1 Å². The zero-order chi connectivity index (χ0) is 14.1. The highest BCUT2D eigenvalue weighted by molar-refractivity contribution is 5.95. The minimum Gasteiger partial charge on any atom is -0.506 e. The van der Waals surface area contributed by atoms with Crippen molar-refractivity contribution >= 4 is 11.5 Å². The van der Waals surface area contributed by atoms with Crippen LogP contribution in [0.3, 0.4) is 0 Å². The van der Waals surface area contributed by atoms with E-state index in [1.165, 1.54) is 7.11 Å². The van der Waals surface area contributed by atoms with E-state index < -0.39 is 5.97 Å². The number of hydrogen-bond acceptors (Lipinski definition) is 5. The Hall–Kier alpha value is -2.08. The Morgan fingerprint density at radius 2 is 2.20 bits per heavy atom. The molecule has 0 bridgehead atoms. The molecular weight excluding hydrogens is 258 g/mol. The molecule has 2 N–H and O–H groups in total. The SMILES string of the molecule is COC(=O)c1nc(C2CCNCC2)n2cc(O)ccc12. The summed E-state index contributed by atoms with van der Waals surface area (Å²) in [5.74, 6) is 0.802. The van der Waals surface area contributed by atoms with Gasteiger partial charge in [-0.3, -0.25) is 4.40 Å². The molecule has 6 nitrogen and oxygen atoms in total. The summed E-state index contributed by atoms with van der Waals surface area (Å²) in [7, 11) is 1.35. The highest BCUT2D eigenvalue weighted by Crippen LogP contribution is 2.28. The van der Waals surface area contributed by atoms with Crippen LogP contribution in [-0.4, -0.2) is 40.7 Å². The van der Waals surface area contributed by atoms with E-state index in [1.54, 1.807) is 22.7 Å². The molecule has 0 amide bonds. The molecule has 1 aliphatic heterocycles. The summed E-state index contributed by atoms with van der Waals surface area (Å²) in [6.45, 7) is 1.87. The summed E-state index contributed by atoms with van der Waals surface area (Å²) in [6, 6.07) is 3.24. The number of nitrogens with zero attached hydrogens (tertiary/aromatic N) is 2. The number of rotatable bonds is 2. The number of aromatic nitrogens is 2. The molecule has 20 heavy (non-hydrogen) atoms. The lowest BCUT2D eigenvalue weighted by Crippen LogP contribution is -2.27. The van der Waals surface area contributed by atoms with E-state index in [9.17, 15) is 9.90 Å². The van der Waals surface area contributed by atoms with Crippen molar-refractivity contribution in [2.75, 3.05) is 20.2 Å². The van der Waals surface area contributed by atoms with Crippen LogP contribution in [0.1, 0.15) is 35.1 Å². The summed E-state index contributed by atoms with van der Waals surface area (Å²) in [4.78, 5) is 16.3. The third kappa shape index (κ3) is 2.12. The molecule has 3 heterocycles. The normalized spacial score (nSPS) is 16.4. The van der Waals surface area contributed by atoms with Crippen molar-refractivity contribution in [1.29, 1.82) is 0 Å². The Kier molecular flexibility index (Phi) is 3.31. The number of methoxy groups -OCH3 is 1. The van der Waals surface area contributed by atoms with Gasteiger partial charge in [0, 0.05) is 5.92 Å². The lowest BCUT2D eigenvalue weighted by molar-refractivity contribution is 0.0596. The van der Waals surface area contributed by atoms with Crippen LogP contribution < -0.4 is 5.32 Å². The van der Waals surface area contributed by atoms with Crippen LogP contribution in [0.2, 0.25) is 0 Å². The highest BCUT2D eigenvalue weighted by atomic mass is 16.5. The molecule has 1 fully saturated rings. The summed E-state index contributed by atoms with van der Waals surface area (Å²) < 4.78 is 6.59. The van der Waals surface area contributed by atoms with Gasteiger partial charge in [0.15, 0.2) is 5.69 Å². The van der Waals surface area contributed by atoms with E-state index in [1.807, 2.05) is 0 Å². The lowest BCUT2D eigenvalue weighted by Gasteiger charge is -2.21. The topological polar surface area (TPSA) is 75.9 Å². The number of fused-ring (bicyclic) bond motifs is 1. The zero-order valence-electron chi connectivity index (χ0n) is 11.3. The first-order valence-corrected chi connectivity index (χ1v) is 6.70. The van der Waals surface area contributed by atoms with Gasteiger partial charge in [-0.15, -0.1) is 0 Å². The van der Waals surface area contributed by atoms with Gasteiger partial charge in [0.25, 0.3) is 0 Å². The second kappa shape index (κ2) is 5.13. The average molecular weight is 275 g/mol. The predicted octanol–water partition coefficient (Wildman–Crippen LogP) is 1.29. The van der Waals surface area contributed by atoms with Crippen molar-refractivity contribution in [1.82, 2.24) is 14.7 Å². The van der Waals surface area contributed by atoms with Gasteiger partial charge in [0.05, 0.1) is 18.8 Å². The van der Waals surface area contributed by atoms with E-state index in [-0.39, 0.29) is 11.7 Å². The first kappa shape index (κ1) is 12.9. The summed E-state index contributed by atoms with van der Waals surface area (Å²) in [5, 5.41) is 13.0. The van der Waals surface area contributed by atoms with Gasteiger partial charge < -0.3 is 15.2 Å². The van der Waals surface area contributed by atoms with Gasteiger partial charge in [0.2, 0.25) is 0 Å². The number of carbonyl (C=O) groups excluding carboxylic acids is 1. The second-order valence-electron chi connectivity index (χ2n) is 4.98. The van der Waals surface area contributed by atoms with Crippen molar-refractivity contribution < 1.29 is 14.6 Å². The molecule has 0 radical (unpaired) electrons. The number of esters is 1. The van der Waals surface area contributed by atoms with Crippen LogP contribution >= 0.6 is 0 Å². The second-order valence-corrected chi connectivity index (χ2v) is 4.98. The summed E-state index contributed by atoms with van der Waals surface area (Å²) in [6.07, 6.45) is 3.54. The van der Waals surface area contributed by atoms with Crippen molar-refractivity contribution in [3.8, 4) is 5.75 Å². The fourth-order valence-electron chi connectivity index (χ4n) is 2.71. The minimum absolute atomic E-state index is 0.154. The van der Waals surface area contributed by atoms with Gasteiger partial charge in [0.1, 0.15) is 11.6 Å².